The summed E-state index contributed by atoms with van der Waals surface area (Å²) in [6, 6.07) is 0. The molecule has 8 nitrogen and oxygen atoms in total. The molecule has 0 aliphatic rings. The first kappa shape index (κ1) is 45.2. The van der Waals surface area contributed by atoms with Crippen molar-refractivity contribution < 1.29 is 33.0 Å². The van der Waals surface area contributed by atoms with Gasteiger partial charge in [0.1, 0.15) is 6.61 Å². The molecule has 0 aromatic carbocycles. The Bertz CT molecular complexity index is 655. The fraction of sp³-hybridized carbons (Fsp3) is 0.946. The largest absolute Gasteiger partial charge is 0.462 e. The Morgan fingerprint density at radius 1 is 0.543 bits per heavy atom. The van der Waals surface area contributed by atoms with E-state index in [2.05, 4.69) is 13.8 Å². The summed E-state index contributed by atoms with van der Waals surface area (Å²) in [7, 11) is -2.13. The zero-order chi connectivity index (χ0) is 33.8. The van der Waals surface area contributed by atoms with Gasteiger partial charge in [0.25, 0.3) is 0 Å². The van der Waals surface area contributed by atoms with Crippen LogP contribution in [-0.4, -0.2) is 49.3 Å². The lowest BCUT2D eigenvalue weighted by Gasteiger charge is -2.19. The summed E-state index contributed by atoms with van der Waals surface area (Å²) in [4.78, 5) is 34.7. The van der Waals surface area contributed by atoms with E-state index in [1.165, 1.54) is 128 Å². The maximum atomic E-state index is 12.5. The minimum atomic E-state index is -2.13. The van der Waals surface area contributed by atoms with Crippen LogP contribution in [-0.2, 0) is 28.1 Å². The summed E-state index contributed by atoms with van der Waals surface area (Å²) >= 11 is 0. The SMILES string of the molecule is CCCCCCCCCCCCCCCC(=O)OCC(COP(O)OCCN)OC(=O)CCCCCCCCCCCCCCC. The number of hydrogen-bond acceptors (Lipinski definition) is 8. The van der Waals surface area contributed by atoms with E-state index in [-0.39, 0.29) is 38.3 Å². The second-order valence-electron chi connectivity index (χ2n) is 12.9. The molecule has 0 aliphatic heterocycles. The van der Waals surface area contributed by atoms with Crippen molar-refractivity contribution in [3.8, 4) is 0 Å². The van der Waals surface area contributed by atoms with E-state index in [4.69, 9.17) is 24.3 Å². The molecule has 9 heteroatoms. The van der Waals surface area contributed by atoms with E-state index in [0.717, 1.165) is 38.5 Å². The first-order valence-electron chi connectivity index (χ1n) is 19.3. The van der Waals surface area contributed by atoms with Crippen LogP contribution in [0, 0.1) is 0 Å². The van der Waals surface area contributed by atoms with Crippen LogP contribution in [0.25, 0.3) is 0 Å². The first-order valence-corrected chi connectivity index (χ1v) is 20.5. The van der Waals surface area contributed by atoms with Crippen LogP contribution in [0.4, 0.5) is 0 Å². The molecular formula is C37H74NO7P. The Kier molecular flexibility index (Phi) is 36.4. The van der Waals surface area contributed by atoms with Gasteiger partial charge in [-0.1, -0.05) is 168 Å². The number of unbranched alkanes of at least 4 members (excludes halogenated alkanes) is 24. The van der Waals surface area contributed by atoms with Gasteiger partial charge in [-0.2, -0.15) is 0 Å². The number of esters is 2. The van der Waals surface area contributed by atoms with Crippen molar-refractivity contribution in [1.82, 2.24) is 0 Å². The summed E-state index contributed by atoms with van der Waals surface area (Å²) in [6.07, 6.45) is 32.3. The Balaban J connectivity index is 4.06. The fourth-order valence-corrected chi connectivity index (χ4v) is 6.14. The van der Waals surface area contributed by atoms with Crippen LogP contribution in [0.3, 0.4) is 0 Å². The number of carbonyl (C=O) groups excluding carboxylic acids is 2. The lowest BCUT2D eigenvalue weighted by molar-refractivity contribution is -0.161. The van der Waals surface area contributed by atoms with Gasteiger partial charge in [0.05, 0.1) is 13.2 Å². The summed E-state index contributed by atoms with van der Waals surface area (Å²) in [5.74, 6) is -0.638. The second kappa shape index (κ2) is 37.0. The Hall–Kier alpha value is -0.790. The Labute approximate surface area is 285 Å². The van der Waals surface area contributed by atoms with Crippen LogP contribution in [0.5, 0.6) is 0 Å². The van der Waals surface area contributed by atoms with Gasteiger partial charge >= 0.3 is 20.5 Å². The molecule has 0 aromatic heterocycles. The molecule has 0 aliphatic carbocycles. The average molecular weight is 676 g/mol. The lowest BCUT2D eigenvalue weighted by Crippen LogP contribution is -2.29. The molecule has 46 heavy (non-hydrogen) atoms. The molecule has 0 saturated carbocycles. The van der Waals surface area contributed by atoms with Gasteiger partial charge in [-0.05, 0) is 12.8 Å². The maximum absolute atomic E-state index is 12.5. The highest BCUT2D eigenvalue weighted by atomic mass is 31.2. The summed E-state index contributed by atoms with van der Waals surface area (Å²) in [6.45, 7) is 4.74. The van der Waals surface area contributed by atoms with Crippen molar-refractivity contribution in [3.05, 3.63) is 0 Å². The van der Waals surface area contributed by atoms with Crippen molar-refractivity contribution in [3.63, 3.8) is 0 Å². The van der Waals surface area contributed by atoms with Crippen LogP contribution < -0.4 is 5.73 Å². The molecule has 0 aromatic rings. The Morgan fingerprint density at radius 2 is 0.913 bits per heavy atom. The van der Waals surface area contributed by atoms with Crippen molar-refractivity contribution in [1.29, 1.82) is 0 Å². The topological polar surface area (TPSA) is 117 Å². The molecule has 0 rings (SSSR count). The first-order chi connectivity index (χ1) is 22.5. The minimum absolute atomic E-state index is 0.0956. The predicted molar refractivity (Wildman–Crippen MR) is 192 cm³/mol. The van der Waals surface area contributed by atoms with Crippen LogP contribution in [0.2, 0.25) is 0 Å². The van der Waals surface area contributed by atoms with Crippen molar-refractivity contribution >= 4 is 20.5 Å². The van der Waals surface area contributed by atoms with Crippen molar-refractivity contribution in [2.24, 2.45) is 5.73 Å². The molecule has 2 atom stereocenters. The number of rotatable bonds is 37. The fourth-order valence-electron chi connectivity index (χ4n) is 5.51. The summed E-state index contributed by atoms with van der Waals surface area (Å²) < 4.78 is 21.4. The maximum Gasteiger partial charge on any atom is 0.330 e. The number of carbonyl (C=O) groups is 2. The third kappa shape index (κ3) is 34.5. The molecule has 0 radical (unpaired) electrons. The predicted octanol–water partition coefficient (Wildman–Crippen LogP) is 10.6. The quantitative estimate of drug-likeness (QED) is 0.0379. The zero-order valence-electron chi connectivity index (χ0n) is 30.1. The van der Waals surface area contributed by atoms with Gasteiger partial charge in [-0.25, -0.2) is 0 Å². The average Bonchev–Trinajstić information content (AvgIpc) is 3.05. The minimum Gasteiger partial charge on any atom is -0.462 e. The number of ether oxygens (including phenoxy) is 2. The van der Waals surface area contributed by atoms with Crippen LogP contribution in [0.1, 0.15) is 194 Å². The summed E-state index contributed by atoms with van der Waals surface area (Å²) in [5.41, 5.74) is 5.40. The van der Waals surface area contributed by atoms with Crippen LogP contribution >= 0.6 is 8.60 Å². The van der Waals surface area contributed by atoms with Gasteiger partial charge in [0.2, 0.25) is 0 Å². The van der Waals surface area contributed by atoms with E-state index in [0.29, 0.717) is 12.8 Å². The molecule has 3 N–H and O–H groups in total. The third-order valence-corrected chi connectivity index (χ3v) is 9.16. The molecule has 0 spiro atoms. The van der Waals surface area contributed by atoms with E-state index in [1.807, 2.05) is 0 Å². The van der Waals surface area contributed by atoms with Gasteiger partial charge in [0.15, 0.2) is 6.10 Å². The zero-order valence-corrected chi connectivity index (χ0v) is 31.0. The monoisotopic (exact) mass is 676 g/mol. The molecular weight excluding hydrogens is 601 g/mol. The molecule has 0 saturated heterocycles. The van der Waals surface area contributed by atoms with Gasteiger partial charge in [-0.3, -0.25) is 9.59 Å². The number of nitrogens with two attached hydrogens (primary N) is 1. The van der Waals surface area contributed by atoms with Gasteiger partial charge < -0.3 is 29.1 Å². The normalized spacial score (nSPS) is 12.7. The number of hydrogen-bond donors (Lipinski definition) is 2. The summed E-state index contributed by atoms with van der Waals surface area (Å²) in [5, 5.41) is 0. The third-order valence-electron chi connectivity index (χ3n) is 8.39. The van der Waals surface area contributed by atoms with Crippen LogP contribution in [0.15, 0.2) is 0 Å². The van der Waals surface area contributed by atoms with Crippen molar-refractivity contribution in [2.75, 3.05) is 26.4 Å². The van der Waals surface area contributed by atoms with Gasteiger partial charge in [0, 0.05) is 19.4 Å². The van der Waals surface area contributed by atoms with Crippen molar-refractivity contribution in [2.45, 2.75) is 200 Å². The van der Waals surface area contributed by atoms with E-state index in [1.54, 1.807) is 0 Å². The molecule has 274 valence electrons. The van der Waals surface area contributed by atoms with E-state index >= 15 is 0 Å². The highest BCUT2D eigenvalue weighted by Gasteiger charge is 2.20. The van der Waals surface area contributed by atoms with Gasteiger partial charge in [-0.15, -0.1) is 0 Å². The molecule has 0 amide bonds. The highest BCUT2D eigenvalue weighted by molar-refractivity contribution is 7.40. The van der Waals surface area contributed by atoms with E-state index in [9.17, 15) is 14.5 Å². The smallest absolute Gasteiger partial charge is 0.330 e. The second-order valence-corrected chi connectivity index (χ2v) is 13.9. The molecule has 0 heterocycles. The molecule has 0 bridgehead atoms. The lowest BCUT2D eigenvalue weighted by atomic mass is 10.0. The molecule has 0 fully saturated rings. The molecule has 2 unspecified atom stereocenters. The highest BCUT2D eigenvalue weighted by Crippen LogP contribution is 2.32. The standard InChI is InChI=1S/C37H74NO7P/c1-3-5-7-9-11-13-15-17-19-21-23-25-27-29-36(39)42-33-35(34-44-46(41)43-32-31-38)45-37(40)30-28-26-24-22-20-18-16-14-12-10-8-6-4-2/h35,41H,3-34,38H2,1-2H3. The Morgan fingerprint density at radius 3 is 1.30 bits per heavy atom. The van der Waals surface area contributed by atoms with E-state index < -0.39 is 14.7 Å².